The Labute approximate surface area is 75.4 Å². The van der Waals surface area contributed by atoms with Gasteiger partial charge < -0.3 is 0 Å². The highest BCUT2D eigenvalue weighted by atomic mass is 19.3. The molecule has 1 nitrogen and oxygen atoms in total. The van der Waals surface area contributed by atoms with Gasteiger partial charge in [-0.3, -0.25) is 4.79 Å². The quantitative estimate of drug-likeness (QED) is 0.660. The molecule has 13 heavy (non-hydrogen) atoms. The summed E-state index contributed by atoms with van der Waals surface area (Å²) in [7, 11) is 0. The maximum atomic E-state index is 11.9. The van der Waals surface area contributed by atoms with Crippen LogP contribution in [0, 0.1) is 6.92 Å². The summed E-state index contributed by atoms with van der Waals surface area (Å²) < 4.78 is 23.7. The van der Waals surface area contributed by atoms with Crippen LogP contribution >= 0.6 is 0 Å². The van der Waals surface area contributed by atoms with Crippen molar-refractivity contribution in [1.29, 1.82) is 0 Å². The van der Waals surface area contributed by atoms with E-state index in [1.807, 2.05) is 13.0 Å². The molecule has 0 atom stereocenters. The Balaban J connectivity index is 2.77. The third kappa shape index (κ3) is 2.93. The van der Waals surface area contributed by atoms with Crippen molar-refractivity contribution in [2.45, 2.75) is 19.8 Å². The van der Waals surface area contributed by atoms with Crippen LogP contribution in [0.3, 0.4) is 0 Å². The Morgan fingerprint density at radius 2 is 2.15 bits per heavy atom. The van der Waals surface area contributed by atoms with Crippen molar-refractivity contribution in [3.63, 3.8) is 0 Å². The van der Waals surface area contributed by atoms with Crippen molar-refractivity contribution in [2.24, 2.45) is 0 Å². The summed E-state index contributed by atoms with van der Waals surface area (Å²) in [6, 6.07) is 6.68. The molecule has 0 saturated heterocycles. The topological polar surface area (TPSA) is 17.1 Å². The number of hydrogen-bond acceptors (Lipinski definition) is 1. The van der Waals surface area contributed by atoms with Gasteiger partial charge in [-0.1, -0.05) is 23.8 Å². The first-order chi connectivity index (χ1) is 6.09. The van der Waals surface area contributed by atoms with Crippen molar-refractivity contribution < 1.29 is 13.6 Å². The van der Waals surface area contributed by atoms with Crippen molar-refractivity contribution in [3.05, 3.63) is 35.4 Å². The van der Waals surface area contributed by atoms with E-state index < -0.39 is 18.6 Å². The first kappa shape index (κ1) is 9.84. The van der Waals surface area contributed by atoms with Crippen LogP contribution in [0.15, 0.2) is 24.3 Å². The van der Waals surface area contributed by atoms with Gasteiger partial charge in [0.25, 0.3) is 0 Å². The highest BCUT2D eigenvalue weighted by Gasteiger charge is 2.12. The van der Waals surface area contributed by atoms with Crippen LogP contribution in [0.4, 0.5) is 8.78 Å². The molecule has 0 bridgehead atoms. The number of ketones is 1. The van der Waals surface area contributed by atoms with Crippen LogP contribution < -0.4 is 0 Å². The molecule has 1 aromatic carbocycles. The van der Waals surface area contributed by atoms with E-state index in [-0.39, 0.29) is 0 Å². The molecule has 3 heteroatoms. The molecule has 0 heterocycles. The molecule has 0 radical (unpaired) electrons. The summed E-state index contributed by atoms with van der Waals surface area (Å²) in [4.78, 5) is 11.1. The molecule has 0 aliphatic heterocycles. The van der Waals surface area contributed by atoms with Gasteiger partial charge in [0, 0.05) is 5.56 Å². The fourth-order valence-corrected chi connectivity index (χ4v) is 1.08. The predicted molar refractivity (Wildman–Crippen MR) is 46.1 cm³/mol. The van der Waals surface area contributed by atoms with Gasteiger partial charge in [-0.2, -0.15) is 0 Å². The summed E-state index contributed by atoms with van der Waals surface area (Å²) in [5, 5.41) is 0. The van der Waals surface area contributed by atoms with Crippen molar-refractivity contribution in [1.82, 2.24) is 0 Å². The molecule has 70 valence electrons. The Morgan fingerprint density at radius 1 is 1.46 bits per heavy atom. The van der Waals surface area contributed by atoms with Crippen LogP contribution in [-0.4, -0.2) is 12.2 Å². The Kier molecular flexibility index (Phi) is 3.12. The van der Waals surface area contributed by atoms with Crippen LogP contribution in [0.2, 0.25) is 0 Å². The lowest BCUT2D eigenvalue weighted by atomic mass is 10.1. The third-order valence-corrected chi connectivity index (χ3v) is 1.68. The van der Waals surface area contributed by atoms with Crippen molar-refractivity contribution in [2.75, 3.05) is 0 Å². The third-order valence-electron chi connectivity index (χ3n) is 1.68. The number of carbonyl (C=O) groups is 1. The van der Waals surface area contributed by atoms with Crippen LogP contribution in [-0.2, 0) is 0 Å². The minimum Gasteiger partial charge on any atom is -0.294 e. The first-order valence-electron chi connectivity index (χ1n) is 3.97. The van der Waals surface area contributed by atoms with Gasteiger partial charge in [-0.05, 0) is 13.0 Å². The van der Waals surface area contributed by atoms with E-state index in [4.69, 9.17) is 0 Å². The standard InChI is InChI=1S/C10H10F2O/c1-7-3-2-4-8(5-7)9(13)6-10(11)12/h2-5,10H,6H2,1H3. The van der Waals surface area contributed by atoms with Crippen molar-refractivity contribution in [3.8, 4) is 0 Å². The van der Waals surface area contributed by atoms with Crippen LogP contribution in [0.1, 0.15) is 22.3 Å². The van der Waals surface area contributed by atoms with Crippen molar-refractivity contribution >= 4 is 5.78 Å². The molecule has 0 saturated carbocycles. The minimum absolute atomic E-state index is 0.361. The molecular formula is C10H10F2O. The average Bonchev–Trinajstić information content (AvgIpc) is 2.03. The molecule has 0 aromatic heterocycles. The lowest BCUT2D eigenvalue weighted by Crippen LogP contribution is -2.04. The largest absolute Gasteiger partial charge is 0.294 e. The second-order valence-corrected chi connectivity index (χ2v) is 2.89. The molecule has 0 aliphatic carbocycles. The highest BCUT2D eigenvalue weighted by Crippen LogP contribution is 2.10. The minimum atomic E-state index is -2.56. The van der Waals surface area contributed by atoms with E-state index in [0.29, 0.717) is 5.56 Å². The predicted octanol–water partition coefficient (Wildman–Crippen LogP) is 2.83. The van der Waals surface area contributed by atoms with Gasteiger partial charge in [0.15, 0.2) is 5.78 Å². The van der Waals surface area contributed by atoms with Gasteiger partial charge in [0.2, 0.25) is 6.43 Å². The number of aryl methyl sites for hydroxylation is 1. The van der Waals surface area contributed by atoms with E-state index >= 15 is 0 Å². The summed E-state index contributed by atoms with van der Waals surface area (Å²) in [5.74, 6) is -0.501. The van der Waals surface area contributed by atoms with E-state index in [1.165, 1.54) is 0 Å². The molecule has 0 spiro atoms. The molecule has 0 N–H and O–H groups in total. The number of halogens is 2. The van der Waals surface area contributed by atoms with Gasteiger partial charge in [-0.15, -0.1) is 0 Å². The number of hydrogen-bond donors (Lipinski definition) is 0. The summed E-state index contributed by atoms with van der Waals surface area (Å²) in [6.45, 7) is 1.82. The second-order valence-electron chi connectivity index (χ2n) is 2.89. The number of alkyl halides is 2. The monoisotopic (exact) mass is 184 g/mol. The molecule has 0 amide bonds. The second kappa shape index (κ2) is 4.12. The van der Waals surface area contributed by atoms with E-state index in [2.05, 4.69) is 0 Å². The Bertz CT molecular complexity index is 308. The van der Waals surface area contributed by atoms with Gasteiger partial charge in [0.05, 0.1) is 6.42 Å². The molecule has 0 fully saturated rings. The Morgan fingerprint density at radius 3 is 2.69 bits per heavy atom. The molecule has 1 aromatic rings. The summed E-state index contributed by atoms with van der Waals surface area (Å²) in [5.41, 5.74) is 1.26. The molecular weight excluding hydrogens is 174 g/mol. The maximum Gasteiger partial charge on any atom is 0.245 e. The van der Waals surface area contributed by atoms with E-state index in [9.17, 15) is 13.6 Å². The fourth-order valence-electron chi connectivity index (χ4n) is 1.08. The maximum absolute atomic E-state index is 11.9. The zero-order valence-corrected chi connectivity index (χ0v) is 7.26. The van der Waals surface area contributed by atoms with Gasteiger partial charge in [-0.25, -0.2) is 8.78 Å². The highest BCUT2D eigenvalue weighted by molar-refractivity contribution is 5.96. The number of carbonyl (C=O) groups excluding carboxylic acids is 1. The van der Waals surface area contributed by atoms with E-state index in [1.54, 1.807) is 18.2 Å². The molecule has 0 aliphatic rings. The normalized spacial score (nSPS) is 10.5. The van der Waals surface area contributed by atoms with Crippen LogP contribution in [0.5, 0.6) is 0 Å². The number of benzene rings is 1. The molecule has 1 rings (SSSR count). The van der Waals surface area contributed by atoms with Crippen LogP contribution in [0.25, 0.3) is 0 Å². The average molecular weight is 184 g/mol. The Hall–Kier alpha value is -1.25. The zero-order chi connectivity index (χ0) is 9.84. The lowest BCUT2D eigenvalue weighted by Gasteiger charge is -2.00. The van der Waals surface area contributed by atoms with Gasteiger partial charge in [0.1, 0.15) is 0 Å². The van der Waals surface area contributed by atoms with E-state index in [0.717, 1.165) is 5.56 Å². The smallest absolute Gasteiger partial charge is 0.245 e. The lowest BCUT2D eigenvalue weighted by molar-refractivity contribution is 0.0829. The SMILES string of the molecule is Cc1cccc(C(=O)CC(F)F)c1. The number of rotatable bonds is 3. The number of Topliss-reactive ketones (excluding diaryl/α,β-unsaturated/α-hetero) is 1. The molecule has 0 unspecified atom stereocenters. The fraction of sp³-hybridized carbons (Fsp3) is 0.300. The summed E-state index contributed by atoms with van der Waals surface area (Å²) in [6.07, 6.45) is -3.25. The summed E-state index contributed by atoms with van der Waals surface area (Å²) >= 11 is 0. The van der Waals surface area contributed by atoms with Gasteiger partial charge >= 0.3 is 0 Å². The zero-order valence-electron chi connectivity index (χ0n) is 7.26. The first-order valence-corrected chi connectivity index (χ1v) is 3.97.